The van der Waals surface area contributed by atoms with Gasteiger partial charge in [0, 0.05) is 0 Å². The molecule has 2 fully saturated rings. The van der Waals surface area contributed by atoms with Gasteiger partial charge in [0.2, 0.25) is 0 Å². The Morgan fingerprint density at radius 1 is 1.57 bits per heavy atom. The molecule has 80 valence electrons. The van der Waals surface area contributed by atoms with Crippen LogP contribution < -0.4 is 0 Å². The number of carbonyl (C=O) groups is 1. The van der Waals surface area contributed by atoms with Gasteiger partial charge in [-0.3, -0.25) is 4.79 Å². The van der Waals surface area contributed by atoms with E-state index in [-0.39, 0.29) is 5.92 Å². The molecule has 0 radical (unpaired) electrons. The minimum Gasteiger partial charge on any atom is -0.481 e. The van der Waals surface area contributed by atoms with Crippen LogP contribution in [0.5, 0.6) is 0 Å². The third-order valence-corrected chi connectivity index (χ3v) is 4.17. The van der Waals surface area contributed by atoms with E-state index in [1.54, 1.807) is 0 Å². The van der Waals surface area contributed by atoms with Crippen LogP contribution in [0, 0.1) is 17.8 Å². The van der Waals surface area contributed by atoms with Gasteiger partial charge < -0.3 is 10.2 Å². The first-order valence-electron chi connectivity index (χ1n) is 5.53. The molecule has 0 heterocycles. The SMILES string of the molecule is CCC(C(=O)O)C1(O)CC2CCC1C2. The smallest absolute Gasteiger partial charge is 0.309 e. The minimum atomic E-state index is -0.899. The molecule has 0 aromatic heterocycles. The van der Waals surface area contributed by atoms with E-state index < -0.39 is 17.5 Å². The number of carboxylic acid groups (broad SMARTS) is 1. The summed E-state index contributed by atoms with van der Waals surface area (Å²) in [4.78, 5) is 11.0. The molecule has 0 saturated heterocycles. The molecule has 3 nitrogen and oxygen atoms in total. The molecule has 2 N–H and O–H groups in total. The van der Waals surface area contributed by atoms with E-state index in [4.69, 9.17) is 5.11 Å². The van der Waals surface area contributed by atoms with Gasteiger partial charge >= 0.3 is 5.97 Å². The van der Waals surface area contributed by atoms with Crippen LogP contribution in [0.25, 0.3) is 0 Å². The molecule has 0 aliphatic heterocycles. The number of rotatable bonds is 3. The van der Waals surface area contributed by atoms with Gasteiger partial charge in [-0.05, 0) is 43.9 Å². The Balaban J connectivity index is 2.19. The topological polar surface area (TPSA) is 57.5 Å². The molecule has 3 heteroatoms. The van der Waals surface area contributed by atoms with Crippen molar-refractivity contribution in [2.24, 2.45) is 17.8 Å². The van der Waals surface area contributed by atoms with E-state index in [9.17, 15) is 9.90 Å². The van der Waals surface area contributed by atoms with Crippen molar-refractivity contribution in [2.45, 2.75) is 44.6 Å². The fraction of sp³-hybridized carbons (Fsp3) is 0.909. The summed E-state index contributed by atoms with van der Waals surface area (Å²) in [5, 5.41) is 19.5. The maximum Gasteiger partial charge on any atom is 0.309 e. The summed E-state index contributed by atoms with van der Waals surface area (Å²) in [5.74, 6) is -0.563. The van der Waals surface area contributed by atoms with Gasteiger partial charge in [-0.15, -0.1) is 0 Å². The number of fused-ring (bicyclic) bond motifs is 2. The number of carboxylic acids is 1. The van der Waals surface area contributed by atoms with Crippen molar-refractivity contribution in [3.8, 4) is 0 Å². The lowest BCUT2D eigenvalue weighted by Gasteiger charge is -2.37. The summed E-state index contributed by atoms with van der Waals surface area (Å²) < 4.78 is 0. The van der Waals surface area contributed by atoms with Crippen LogP contribution in [0.2, 0.25) is 0 Å². The molecule has 2 aliphatic carbocycles. The monoisotopic (exact) mass is 198 g/mol. The molecular formula is C11H18O3. The number of hydrogen-bond acceptors (Lipinski definition) is 2. The van der Waals surface area contributed by atoms with Crippen LogP contribution in [0.1, 0.15) is 39.0 Å². The molecule has 0 amide bonds. The third-order valence-electron chi connectivity index (χ3n) is 4.17. The van der Waals surface area contributed by atoms with Crippen molar-refractivity contribution in [1.82, 2.24) is 0 Å². The van der Waals surface area contributed by atoms with Crippen LogP contribution in [0.3, 0.4) is 0 Å². The largest absolute Gasteiger partial charge is 0.481 e. The van der Waals surface area contributed by atoms with Crippen molar-refractivity contribution in [3.63, 3.8) is 0 Å². The highest BCUT2D eigenvalue weighted by Gasteiger charge is 2.55. The second-order valence-corrected chi connectivity index (χ2v) is 4.87. The summed E-state index contributed by atoms with van der Waals surface area (Å²) >= 11 is 0. The Morgan fingerprint density at radius 2 is 2.29 bits per heavy atom. The maximum absolute atomic E-state index is 11.0. The fourth-order valence-electron chi connectivity index (χ4n) is 3.51. The summed E-state index contributed by atoms with van der Waals surface area (Å²) in [7, 11) is 0. The van der Waals surface area contributed by atoms with E-state index in [0.717, 1.165) is 12.8 Å². The van der Waals surface area contributed by atoms with Gasteiger partial charge in [0.05, 0.1) is 11.5 Å². The lowest BCUT2D eigenvalue weighted by molar-refractivity contribution is -0.157. The Kier molecular flexibility index (Phi) is 2.30. The zero-order chi connectivity index (χ0) is 10.3. The van der Waals surface area contributed by atoms with E-state index in [0.29, 0.717) is 18.8 Å². The Labute approximate surface area is 84.1 Å². The van der Waals surface area contributed by atoms with Crippen LogP contribution in [-0.4, -0.2) is 21.8 Å². The third kappa shape index (κ3) is 1.26. The first-order chi connectivity index (χ1) is 6.58. The van der Waals surface area contributed by atoms with Crippen LogP contribution in [0.4, 0.5) is 0 Å². The van der Waals surface area contributed by atoms with Gasteiger partial charge in [-0.1, -0.05) is 6.92 Å². The highest BCUT2D eigenvalue weighted by atomic mass is 16.4. The van der Waals surface area contributed by atoms with E-state index >= 15 is 0 Å². The van der Waals surface area contributed by atoms with E-state index in [2.05, 4.69) is 0 Å². The summed E-state index contributed by atoms with van der Waals surface area (Å²) in [6.07, 6.45) is 4.49. The predicted molar refractivity (Wildman–Crippen MR) is 51.8 cm³/mol. The lowest BCUT2D eigenvalue weighted by Crippen LogP contribution is -2.46. The predicted octanol–water partition coefficient (Wildman–Crippen LogP) is 1.65. The van der Waals surface area contributed by atoms with Gasteiger partial charge in [-0.25, -0.2) is 0 Å². The average Bonchev–Trinajstić information content (AvgIpc) is 2.63. The molecule has 0 aromatic rings. The molecular weight excluding hydrogens is 180 g/mol. The first-order valence-corrected chi connectivity index (χ1v) is 5.53. The molecule has 0 spiro atoms. The summed E-state index contributed by atoms with van der Waals surface area (Å²) in [5.41, 5.74) is -0.899. The van der Waals surface area contributed by atoms with Gasteiger partial charge in [0.25, 0.3) is 0 Å². The van der Waals surface area contributed by atoms with Crippen LogP contribution in [0.15, 0.2) is 0 Å². The lowest BCUT2D eigenvalue weighted by atomic mass is 9.74. The second-order valence-electron chi connectivity index (χ2n) is 4.87. The quantitative estimate of drug-likeness (QED) is 0.725. The normalized spacial score (nSPS) is 42.7. The summed E-state index contributed by atoms with van der Waals surface area (Å²) in [6.45, 7) is 1.85. The summed E-state index contributed by atoms with van der Waals surface area (Å²) in [6, 6.07) is 0. The Hall–Kier alpha value is -0.570. The van der Waals surface area contributed by atoms with Crippen molar-refractivity contribution in [1.29, 1.82) is 0 Å². The average molecular weight is 198 g/mol. The zero-order valence-electron chi connectivity index (χ0n) is 8.57. The molecule has 2 aliphatic rings. The molecule has 4 atom stereocenters. The van der Waals surface area contributed by atoms with Crippen molar-refractivity contribution < 1.29 is 15.0 Å². The van der Waals surface area contributed by atoms with Crippen molar-refractivity contribution in [2.75, 3.05) is 0 Å². The van der Waals surface area contributed by atoms with E-state index in [1.165, 1.54) is 6.42 Å². The number of hydrogen-bond donors (Lipinski definition) is 2. The molecule has 4 unspecified atom stereocenters. The highest BCUT2D eigenvalue weighted by Crippen LogP contribution is 2.54. The maximum atomic E-state index is 11.0. The molecule has 2 bridgehead atoms. The Bertz CT molecular complexity index is 251. The molecule has 2 saturated carbocycles. The van der Waals surface area contributed by atoms with Crippen molar-refractivity contribution in [3.05, 3.63) is 0 Å². The standard InChI is InChI=1S/C11H18O3/c1-2-9(10(12)13)11(14)6-7-3-4-8(11)5-7/h7-9,14H,2-6H2,1H3,(H,12,13). The van der Waals surface area contributed by atoms with Crippen molar-refractivity contribution >= 4 is 5.97 Å². The van der Waals surface area contributed by atoms with Gasteiger partial charge in [0.1, 0.15) is 0 Å². The highest BCUT2D eigenvalue weighted by molar-refractivity contribution is 5.71. The fourth-order valence-corrected chi connectivity index (χ4v) is 3.51. The van der Waals surface area contributed by atoms with E-state index in [1.807, 2.05) is 6.92 Å². The van der Waals surface area contributed by atoms with Gasteiger partial charge in [0.15, 0.2) is 0 Å². The number of aliphatic hydroxyl groups is 1. The second kappa shape index (κ2) is 3.23. The molecule has 2 rings (SSSR count). The van der Waals surface area contributed by atoms with Gasteiger partial charge in [-0.2, -0.15) is 0 Å². The molecule has 0 aromatic carbocycles. The molecule has 14 heavy (non-hydrogen) atoms. The zero-order valence-corrected chi connectivity index (χ0v) is 8.57. The van der Waals surface area contributed by atoms with Crippen LogP contribution in [-0.2, 0) is 4.79 Å². The Morgan fingerprint density at radius 3 is 2.64 bits per heavy atom. The first kappa shape index (κ1) is 9.97. The number of aliphatic carboxylic acids is 1. The van der Waals surface area contributed by atoms with Crippen LogP contribution >= 0.6 is 0 Å². The minimum absolute atomic E-state index is 0.244.